The summed E-state index contributed by atoms with van der Waals surface area (Å²) in [5.41, 5.74) is 2.19. The van der Waals surface area contributed by atoms with Gasteiger partial charge in [-0.1, -0.05) is 19.2 Å². The number of hydrogen-bond acceptors (Lipinski definition) is 1. The van der Waals surface area contributed by atoms with Gasteiger partial charge in [0.2, 0.25) is 0 Å². The normalized spacial score (nSPS) is 10.9. The molecule has 0 rings (SSSR count). The molecule has 0 aliphatic rings. The maximum atomic E-state index is 3.81. The Kier molecular flexibility index (Phi) is 3.55. The summed E-state index contributed by atoms with van der Waals surface area (Å²) in [4.78, 5) is 2.02. The van der Waals surface area contributed by atoms with Crippen LogP contribution in [-0.4, -0.2) is 11.9 Å². The quantitative estimate of drug-likeness (QED) is 0.540. The van der Waals surface area contributed by atoms with Gasteiger partial charge >= 0.3 is 0 Å². The Morgan fingerprint density at radius 1 is 1.40 bits per heavy atom. The van der Waals surface area contributed by atoms with Crippen LogP contribution in [0.2, 0.25) is 0 Å². The topological polar surface area (TPSA) is 3.24 Å². The van der Waals surface area contributed by atoms with Crippen molar-refractivity contribution in [1.82, 2.24) is 4.90 Å². The molecule has 0 aliphatic carbocycles. The Labute approximate surface area is 63.3 Å². The minimum atomic E-state index is 1.04. The van der Waals surface area contributed by atoms with Gasteiger partial charge in [-0.25, -0.2) is 0 Å². The molecule has 0 N–H and O–H groups in total. The molecule has 1 heteroatoms. The Hall–Kier alpha value is -0.980. The molecule has 0 atom stereocenters. The van der Waals surface area contributed by atoms with Crippen molar-refractivity contribution >= 4 is 0 Å². The van der Waals surface area contributed by atoms with E-state index in [1.807, 2.05) is 31.9 Å². The molecule has 0 aromatic rings. The van der Waals surface area contributed by atoms with Crippen LogP contribution in [0.1, 0.15) is 13.8 Å². The number of rotatable bonds is 3. The summed E-state index contributed by atoms with van der Waals surface area (Å²) in [5.74, 6) is 0. The molecule has 0 aromatic carbocycles. The highest BCUT2D eigenvalue weighted by Gasteiger charge is 1.95. The first kappa shape index (κ1) is 9.02. The minimum Gasteiger partial charge on any atom is -0.353 e. The molecule has 0 amide bonds. The van der Waals surface area contributed by atoms with E-state index in [1.54, 1.807) is 6.08 Å². The summed E-state index contributed by atoms with van der Waals surface area (Å²) in [7, 11) is 1.98. The molecular formula is C9H15N. The van der Waals surface area contributed by atoms with Crippen molar-refractivity contribution in [1.29, 1.82) is 0 Å². The largest absolute Gasteiger partial charge is 0.353 e. The fourth-order valence-electron chi connectivity index (χ4n) is 0.583. The summed E-state index contributed by atoms with van der Waals surface area (Å²) in [5, 5.41) is 0. The summed E-state index contributed by atoms with van der Waals surface area (Å²) in [6.07, 6.45) is 3.73. The zero-order valence-electron chi connectivity index (χ0n) is 7.02. The average molecular weight is 137 g/mol. The number of hydrogen-bond donors (Lipinski definition) is 0. The van der Waals surface area contributed by atoms with Gasteiger partial charge in [0.25, 0.3) is 0 Å². The first-order valence-corrected chi connectivity index (χ1v) is 3.28. The van der Waals surface area contributed by atoms with E-state index < -0.39 is 0 Å². The van der Waals surface area contributed by atoms with E-state index in [4.69, 9.17) is 0 Å². The maximum Gasteiger partial charge on any atom is 0.0142 e. The number of allylic oxidation sites excluding steroid dienone is 4. The van der Waals surface area contributed by atoms with Crippen molar-refractivity contribution in [2.75, 3.05) is 7.05 Å². The second-order valence-corrected chi connectivity index (χ2v) is 2.34. The van der Waals surface area contributed by atoms with Crippen molar-refractivity contribution in [3.05, 3.63) is 36.7 Å². The lowest BCUT2D eigenvalue weighted by atomic mass is 10.3. The van der Waals surface area contributed by atoms with Gasteiger partial charge in [0.1, 0.15) is 0 Å². The molecule has 0 aliphatic heterocycles. The van der Waals surface area contributed by atoms with E-state index >= 15 is 0 Å². The first-order chi connectivity index (χ1) is 4.59. The lowest BCUT2D eigenvalue weighted by Crippen LogP contribution is -2.11. The monoisotopic (exact) mass is 137 g/mol. The zero-order chi connectivity index (χ0) is 8.15. The van der Waals surface area contributed by atoms with Gasteiger partial charge in [-0.2, -0.15) is 0 Å². The van der Waals surface area contributed by atoms with Gasteiger partial charge in [0.05, 0.1) is 0 Å². The van der Waals surface area contributed by atoms with Gasteiger partial charge in [0, 0.05) is 18.4 Å². The highest BCUT2D eigenvalue weighted by molar-refractivity contribution is 5.11. The third kappa shape index (κ3) is 2.53. The fraction of sp³-hybridized carbons (Fsp3) is 0.333. The van der Waals surface area contributed by atoms with E-state index in [1.165, 1.54) is 0 Å². The molecule has 0 fully saturated rings. The fourth-order valence-corrected chi connectivity index (χ4v) is 0.583. The van der Waals surface area contributed by atoms with Gasteiger partial charge < -0.3 is 4.90 Å². The molecule has 0 heterocycles. The molecular weight excluding hydrogens is 122 g/mol. The predicted octanol–water partition coefficient (Wildman–Crippen LogP) is 2.54. The summed E-state index contributed by atoms with van der Waals surface area (Å²) >= 11 is 0. The van der Waals surface area contributed by atoms with Crippen molar-refractivity contribution in [3.8, 4) is 0 Å². The molecule has 1 nitrogen and oxygen atoms in total. The van der Waals surface area contributed by atoms with E-state index in [0.29, 0.717) is 0 Å². The predicted molar refractivity (Wildman–Crippen MR) is 46.5 cm³/mol. The van der Waals surface area contributed by atoms with Crippen LogP contribution in [0.3, 0.4) is 0 Å². The third-order valence-electron chi connectivity index (χ3n) is 1.46. The molecule has 0 unspecified atom stereocenters. The Morgan fingerprint density at radius 3 is 2.20 bits per heavy atom. The van der Waals surface area contributed by atoms with Crippen LogP contribution in [0.25, 0.3) is 0 Å². The molecule has 0 saturated carbocycles. The van der Waals surface area contributed by atoms with Gasteiger partial charge in [0.15, 0.2) is 0 Å². The zero-order valence-corrected chi connectivity index (χ0v) is 7.02. The maximum absolute atomic E-state index is 3.81. The number of nitrogens with zero attached hydrogens (tertiary/aromatic N) is 1. The van der Waals surface area contributed by atoms with Crippen molar-refractivity contribution in [2.24, 2.45) is 0 Å². The van der Waals surface area contributed by atoms with E-state index in [2.05, 4.69) is 13.2 Å². The van der Waals surface area contributed by atoms with Crippen LogP contribution in [0.15, 0.2) is 36.7 Å². The molecule has 0 saturated heterocycles. The Morgan fingerprint density at radius 2 is 1.90 bits per heavy atom. The van der Waals surface area contributed by atoms with E-state index in [-0.39, 0.29) is 0 Å². The third-order valence-corrected chi connectivity index (χ3v) is 1.46. The smallest absolute Gasteiger partial charge is 0.0142 e. The first-order valence-electron chi connectivity index (χ1n) is 3.28. The Balaban J connectivity index is 4.19. The van der Waals surface area contributed by atoms with Crippen LogP contribution in [-0.2, 0) is 0 Å². The SMILES string of the molecule is C=C/C=C(\C)N(C)C(=C)C. The average Bonchev–Trinajstić information content (AvgIpc) is 1.87. The van der Waals surface area contributed by atoms with E-state index in [9.17, 15) is 0 Å². The van der Waals surface area contributed by atoms with Gasteiger partial charge in [-0.15, -0.1) is 0 Å². The molecule has 56 valence electrons. The van der Waals surface area contributed by atoms with Crippen LogP contribution in [0.4, 0.5) is 0 Å². The van der Waals surface area contributed by atoms with Gasteiger partial charge in [-0.3, -0.25) is 0 Å². The summed E-state index contributed by atoms with van der Waals surface area (Å²) in [6.45, 7) is 11.4. The minimum absolute atomic E-state index is 1.04. The van der Waals surface area contributed by atoms with Crippen LogP contribution in [0.5, 0.6) is 0 Å². The molecule has 10 heavy (non-hydrogen) atoms. The van der Waals surface area contributed by atoms with Crippen LogP contribution >= 0.6 is 0 Å². The van der Waals surface area contributed by atoms with Crippen LogP contribution < -0.4 is 0 Å². The highest BCUT2D eigenvalue weighted by atomic mass is 15.1. The molecule has 0 radical (unpaired) electrons. The second-order valence-electron chi connectivity index (χ2n) is 2.34. The van der Waals surface area contributed by atoms with Crippen molar-refractivity contribution in [2.45, 2.75) is 13.8 Å². The lowest BCUT2D eigenvalue weighted by molar-refractivity contribution is 0.524. The summed E-state index contributed by atoms with van der Waals surface area (Å²) < 4.78 is 0. The second kappa shape index (κ2) is 3.94. The van der Waals surface area contributed by atoms with Crippen LogP contribution in [0, 0.1) is 0 Å². The van der Waals surface area contributed by atoms with Crippen molar-refractivity contribution < 1.29 is 0 Å². The standard InChI is InChI=1S/C9H15N/c1-6-7-9(4)10(5)8(2)3/h6-7H,1-2H2,3-5H3/b9-7+. The van der Waals surface area contributed by atoms with Gasteiger partial charge in [-0.05, 0) is 19.9 Å². The van der Waals surface area contributed by atoms with E-state index in [0.717, 1.165) is 11.4 Å². The highest BCUT2D eigenvalue weighted by Crippen LogP contribution is 2.05. The molecule has 0 aromatic heterocycles. The summed E-state index contributed by atoms with van der Waals surface area (Å²) in [6, 6.07) is 0. The van der Waals surface area contributed by atoms with Crippen molar-refractivity contribution in [3.63, 3.8) is 0 Å². The molecule has 0 spiro atoms. The lowest BCUT2D eigenvalue weighted by Gasteiger charge is -2.18. The Bertz CT molecular complexity index is 166. The molecule has 0 bridgehead atoms.